The van der Waals surface area contributed by atoms with E-state index in [1.165, 1.54) is 24.3 Å². The van der Waals surface area contributed by atoms with E-state index in [0.29, 0.717) is 0 Å². The van der Waals surface area contributed by atoms with Gasteiger partial charge in [0.1, 0.15) is 0 Å². The van der Waals surface area contributed by atoms with E-state index in [0.717, 1.165) is 9.18 Å². The molecule has 1 atom stereocenters. The average molecular weight is 444 g/mol. The maximum Gasteiger partial charge on any atom is 0.242 e. The molecule has 11 heteroatoms. The Hall–Kier alpha value is -1.79. The van der Waals surface area contributed by atoms with Crippen LogP contribution in [0.3, 0.4) is 0 Å². The Morgan fingerprint density at radius 3 is 2.39 bits per heavy atom. The number of likely N-dealkylation sites (N-methyl/N-ethyl adjacent to an activating group) is 1. The number of hydrogen-bond acceptors (Lipinski definition) is 7. The van der Waals surface area contributed by atoms with Crippen molar-refractivity contribution >= 4 is 43.0 Å². The molecule has 1 saturated heterocycles. The van der Waals surface area contributed by atoms with Crippen LogP contribution in [0.4, 0.5) is 5.69 Å². The lowest BCUT2D eigenvalue weighted by molar-refractivity contribution is -0.116. The number of nitrogens with one attached hydrogen (secondary N) is 1. The molecule has 152 valence electrons. The number of carbonyl (C=O) groups is 1. The number of nitrogens with zero attached hydrogens (tertiary/aromatic N) is 2. The van der Waals surface area contributed by atoms with Crippen LogP contribution in [-0.2, 0) is 24.8 Å². The van der Waals surface area contributed by atoms with Crippen LogP contribution in [-0.4, -0.2) is 54.0 Å². The van der Waals surface area contributed by atoms with Gasteiger partial charge in [0.25, 0.3) is 0 Å². The zero-order chi connectivity index (χ0) is 20.5. The summed E-state index contributed by atoms with van der Waals surface area (Å²) in [6.07, 6.45) is -0.0709. The van der Waals surface area contributed by atoms with Gasteiger partial charge in [-0.3, -0.25) is 4.79 Å². The Bertz CT molecular complexity index is 1050. The van der Waals surface area contributed by atoms with E-state index in [-0.39, 0.29) is 35.3 Å². The van der Waals surface area contributed by atoms with Crippen molar-refractivity contribution in [2.45, 2.75) is 17.4 Å². The van der Waals surface area contributed by atoms with Gasteiger partial charge < -0.3 is 4.90 Å². The third-order valence-electron chi connectivity index (χ3n) is 4.42. The molecule has 2 aromatic rings. The minimum Gasteiger partial charge on any atom is -0.300 e. The van der Waals surface area contributed by atoms with Gasteiger partial charge in [0, 0.05) is 17.8 Å². The zero-order valence-electron chi connectivity index (χ0n) is 15.4. The van der Waals surface area contributed by atoms with Gasteiger partial charge in [0.05, 0.1) is 22.4 Å². The summed E-state index contributed by atoms with van der Waals surface area (Å²) in [5.41, 5.74) is 0.145. The van der Waals surface area contributed by atoms with E-state index in [4.69, 9.17) is 0 Å². The third kappa shape index (κ3) is 4.28. The summed E-state index contributed by atoms with van der Waals surface area (Å²) in [6.45, 7) is 0.191. The van der Waals surface area contributed by atoms with Gasteiger partial charge in [-0.15, -0.1) is 11.3 Å². The van der Waals surface area contributed by atoms with E-state index in [2.05, 4.69) is 4.72 Å². The number of rotatable bonds is 7. The predicted molar refractivity (Wildman–Crippen MR) is 108 cm³/mol. The summed E-state index contributed by atoms with van der Waals surface area (Å²) < 4.78 is 52.5. The normalized spacial score (nSPS) is 18.0. The lowest BCUT2D eigenvalue weighted by Crippen LogP contribution is -2.34. The fourth-order valence-corrected chi connectivity index (χ4v) is 6.34. The van der Waals surface area contributed by atoms with Crippen LogP contribution in [0.1, 0.15) is 17.3 Å². The smallest absolute Gasteiger partial charge is 0.242 e. The topological polar surface area (TPSA) is 104 Å². The van der Waals surface area contributed by atoms with Crippen LogP contribution in [0.25, 0.3) is 0 Å². The standard InChI is InChI=1S/C17H21N3O5S3/c1-19(2)15(16-4-3-10-26-16)12-18-28(24,25)14-7-5-13(6-8-14)20-17(21)9-11-27(20,22)23/h3-8,10,15,18H,9,11-12H2,1-2H3. The molecule has 1 fully saturated rings. The van der Waals surface area contributed by atoms with Crippen LogP contribution >= 0.6 is 11.3 Å². The lowest BCUT2D eigenvalue weighted by Gasteiger charge is -2.23. The molecular weight excluding hydrogens is 422 g/mol. The summed E-state index contributed by atoms with van der Waals surface area (Å²) in [7, 11) is -3.71. The molecule has 28 heavy (non-hydrogen) atoms. The van der Waals surface area contributed by atoms with Gasteiger partial charge in [-0.1, -0.05) is 6.07 Å². The first kappa shape index (κ1) is 20.9. The van der Waals surface area contributed by atoms with Gasteiger partial charge >= 0.3 is 0 Å². The zero-order valence-corrected chi connectivity index (χ0v) is 17.9. The highest BCUT2D eigenvalue weighted by molar-refractivity contribution is 7.94. The molecule has 0 saturated carbocycles. The number of carbonyl (C=O) groups excluding carboxylic acids is 1. The largest absolute Gasteiger partial charge is 0.300 e. The first-order valence-electron chi connectivity index (χ1n) is 8.47. The monoisotopic (exact) mass is 443 g/mol. The second-order valence-electron chi connectivity index (χ2n) is 6.56. The van der Waals surface area contributed by atoms with Crippen LogP contribution in [0.2, 0.25) is 0 Å². The third-order valence-corrected chi connectivity index (χ3v) is 8.53. The van der Waals surface area contributed by atoms with Crippen LogP contribution in [0.5, 0.6) is 0 Å². The number of benzene rings is 1. The summed E-state index contributed by atoms with van der Waals surface area (Å²) in [5.74, 6) is -0.749. The second-order valence-corrected chi connectivity index (χ2v) is 11.2. The van der Waals surface area contributed by atoms with Gasteiger partial charge in [-0.25, -0.2) is 25.9 Å². The first-order valence-corrected chi connectivity index (χ1v) is 12.4. The molecule has 1 N–H and O–H groups in total. The molecule has 1 amide bonds. The van der Waals surface area contributed by atoms with E-state index >= 15 is 0 Å². The predicted octanol–water partition coefficient (Wildman–Crippen LogP) is 1.40. The van der Waals surface area contributed by atoms with E-state index < -0.39 is 26.0 Å². The molecule has 3 rings (SSSR count). The molecule has 0 spiro atoms. The average Bonchev–Trinajstić information content (AvgIpc) is 3.23. The number of amides is 1. The summed E-state index contributed by atoms with van der Waals surface area (Å²) in [6, 6.07) is 9.02. The maximum absolute atomic E-state index is 12.6. The highest BCUT2D eigenvalue weighted by atomic mass is 32.2. The fourth-order valence-electron chi connectivity index (χ4n) is 2.92. The molecular formula is C17H21N3O5S3. The molecule has 0 radical (unpaired) electrons. The SMILES string of the molecule is CN(C)C(CNS(=O)(=O)c1ccc(N2C(=O)CCS2(=O)=O)cc1)c1cccs1. The molecule has 1 aliphatic heterocycles. The molecule has 8 nitrogen and oxygen atoms in total. The van der Waals surface area contributed by atoms with Crippen molar-refractivity contribution < 1.29 is 21.6 Å². The van der Waals surface area contributed by atoms with Gasteiger partial charge in [-0.2, -0.15) is 0 Å². The molecule has 0 aliphatic carbocycles. The van der Waals surface area contributed by atoms with Crippen molar-refractivity contribution in [1.82, 2.24) is 9.62 Å². The Balaban J connectivity index is 1.76. The summed E-state index contributed by atoms with van der Waals surface area (Å²) >= 11 is 1.55. The van der Waals surface area contributed by atoms with Gasteiger partial charge in [0.15, 0.2) is 0 Å². The van der Waals surface area contributed by atoms with E-state index in [1.807, 2.05) is 36.5 Å². The Kier molecular flexibility index (Phi) is 5.92. The first-order chi connectivity index (χ1) is 13.1. The highest BCUT2D eigenvalue weighted by Crippen LogP contribution is 2.27. The van der Waals surface area contributed by atoms with Crippen molar-refractivity contribution in [3.8, 4) is 0 Å². The second kappa shape index (κ2) is 7.91. The molecule has 2 heterocycles. The number of thiophene rings is 1. The molecule has 1 unspecified atom stereocenters. The molecule has 1 aromatic heterocycles. The van der Waals surface area contributed by atoms with Crippen LogP contribution in [0, 0.1) is 0 Å². The highest BCUT2D eigenvalue weighted by Gasteiger charge is 2.36. The van der Waals surface area contributed by atoms with Crippen molar-refractivity contribution in [1.29, 1.82) is 0 Å². The Morgan fingerprint density at radius 2 is 1.89 bits per heavy atom. The Morgan fingerprint density at radius 1 is 1.21 bits per heavy atom. The van der Waals surface area contributed by atoms with Crippen molar-refractivity contribution in [3.05, 3.63) is 46.7 Å². The molecule has 0 bridgehead atoms. The van der Waals surface area contributed by atoms with Crippen molar-refractivity contribution in [3.63, 3.8) is 0 Å². The van der Waals surface area contributed by atoms with E-state index in [9.17, 15) is 21.6 Å². The van der Waals surface area contributed by atoms with E-state index in [1.54, 1.807) is 11.3 Å². The maximum atomic E-state index is 12.6. The van der Waals surface area contributed by atoms with Gasteiger partial charge in [0.2, 0.25) is 26.0 Å². The van der Waals surface area contributed by atoms with Crippen LogP contribution in [0.15, 0.2) is 46.7 Å². The quantitative estimate of drug-likeness (QED) is 0.694. The Labute approximate surface area is 168 Å². The number of sulfonamides is 2. The minimum atomic E-state index is -3.79. The van der Waals surface area contributed by atoms with Crippen molar-refractivity contribution in [2.75, 3.05) is 30.7 Å². The molecule has 1 aromatic carbocycles. The van der Waals surface area contributed by atoms with Gasteiger partial charge in [-0.05, 0) is 49.8 Å². The molecule has 1 aliphatic rings. The lowest BCUT2D eigenvalue weighted by atomic mass is 10.2. The summed E-state index contributed by atoms with van der Waals surface area (Å²) in [4.78, 5) is 14.8. The summed E-state index contributed by atoms with van der Waals surface area (Å²) in [5, 5.41) is 1.94. The fraction of sp³-hybridized carbons (Fsp3) is 0.353. The number of hydrogen-bond donors (Lipinski definition) is 1. The van der Waals surface area contributed by atoms with Crippen molar-refractivity contribution in [2.24, 2.45) is 0 Å². The van der Waals surface area contributed by atoms with Crippen LogP contribution < -0.4 is 9.03 Å². The number of anilines is 1. The minimum absolute atomic E-state index is 0.00368.